The van der Waals surface area contributed by atoms with Gasteiger partial charge in [0.1, 0.15) is 18.9 Å². The molecule has 1 amide bonds. The number of oxime groups is 1. The maximum absolute atomic E-state index is 11.9. The van der Waals surface area contributed by atoms with Gasteiger partial charge in [0.2, 0.25) is 9.50 Å². The van der Waals surface area contributed by atoms with Gasteiger partial charge in [-0.1, -0.05) is 40.0 Å². The normalized spacial score (nSPS) is 11.8. The zero-order chi connectivity index (χ0) is 18.2. The lowest BCUT2D eigenvalue weighted by Gasteiger charge is -2.10. The molecule has 1 N–H and O–H groups in total. The number of ether oxygens (including phenoxy) is 2. The van der Waals surface area contributed by atoms with Crippen LogP contribution in [0.4, 0.5) is 9.93 Å². The van der Waals surface area contributed by atoms with Crippen molar-refractivity contribution < 1.29 is 23.9 Å². The Kier molecular flexibility index (Phi) is 8.54. The second-order valence-corrected chi connectivity index (χ2v) is 7.31. The Balaban J connectivity index is 2.77. The molecule has 0 aliphatic rings. The van der Waals surface area contributed by atoms with Crippen LogP contribution in [-0.4, -0.2) is 46.4 Å². The highest BCUT2D eigenvalue weighted by Gasteiger charge is 2.23. The fraction of sp³-hybridized carbons (Fsp3) is 0.500. The molecule has 8 nitrogen and oxygen atoms in total. The number of alkyl halides is 3. The fourth-order valence-corrected chi connectivity index (χ4v) is 2.07. The zero-order valence-corrected chi connectivity index (χ0v) is 15.8. The van der Waals surface area contributed by atoms with E-state index in [2.05, 4.69) is 15.5 Å². The number of rotatable bonds is 7. The molecule has 134 valence electrons. The van der Waals surface area contributed by atoms with Crippen molar-refractivity contribution in [3.8, 4) is 0 Å². The van der Waals surface area contributed by atoms with E-state index < -0.39 is 22.5 Å². The fourth-order valence-electron chi connectivity index (χ4n) is 1.23. The molecule has 0 atom stereocenters. The maximum atomic E-state index is 11.9. The summed E-state index contributed by atoms with van der Waals surface area (Å²) in [7, 11) is 0. The molecule has 0 spiro atoms. The van der Waals surface area contributed by atoms with Crippen molar-refractivity contribution in [2.45, 2.75) is 17.6 Å². The monoisotopic (exact) mass is 417 g/mol. The minimum absolute atomic E-state index is 0.113. The van der Waals surface area contributed by atoms with Gasteiger partial charge >= 0.3 is 12.1 Å². The van der Waals surface area contributed by atoms with Gasteiger partial charge in [0.25, 0.3) is 0 Å². The molecule has 0 saturated carbocycles. The van der Waals surface area contributed by atoms with Gasteiger partial charge in [-0.3, -0.25) is 5.32 Å². The molecule has 0 fully saturated rings. The van der Waals surface area contributed by atoms with E-state index in [0.717, 1.165) is 11.3 Å². The van der Waals surface area contributed by atoms with Crippen LogP contribution in [0, 0.1) is 0 Å². The molecule has 1 aromatic rings. The van der Waals surface area contributed by atoms with E-state index in [1.165, 1.54) is 5.38 Å². The number of nitrogens with one attached hydrogen (secondary N) is 1. The van der Waals surface area contributed by atoms with Crippen LogP contribution in [0.3, 0.4) is 0 Å². The van der Waals surface area contributed by atoms with Crippen LogP contribution >= 0.6 is 46.1 Å². The first-order chi connectivity index (χ1) is 11.3. The maximum Gasteiger partial charge on any atom is 0.413 e. The average molecular weight is 419 g/mol. The van der Waals surface area contributed by atoms with Crippen LogP contribution in [0.1, 0.15) is 19.5 Å². The number of carbonyl (C=O) groups excluding carboxylic acids is 2. The number of esters is 1. The van der Waals surface area contributed by atoms with E-state index in [4.69, 9.17) is 49.1 Å². The number of amides is 1. The molecule has 1 aromatic heterocycles. The Morgan fingerprint density at radius 3 is 2.58 bits per heavy atom. The zero-order valence-electron chi connectivity index (χ0n) is 12.7. The van der Waals surface area contributed by atoms with Crippen molar-refractivity contribution in [3.63, 3.8) is 0 Å². The third-order valence-corrected chi connectivity index (χ3v) is 3.16. The van der Waals surface area contributed by atoms with E-state index in [0.29, 0.717) is 0 Å². The lowest BCUT2D eigenvalue weighted by atomic mass is 10.3. The van der Waals surface area contributed by atoms with Crippen LogP contribution in [0.15, 0.2) is 10.5 Å². The number of carbonyl (C=O) groups is 2. The summed E-state index contributed by atoms with van der Waals surface area (Å²) in [5.41, 5.74) is 0.0706. The molecule has 0 radical (unpaired) electrons. The molecule has 1 heterocycles. The van der Waals surface area contributed by atoms with Gasteiger partial charge in [-0.15, -0.1) is 11.3 Å². The first-order valence-corrected chi connectivity index (χ1v) is 8.61. The molecular formula is C12H14Cl3N3O5S. The summed E-state index contributed by atoms with van der Waals surface area (Å²) in [6.45, 7) is 3.37. The highest BCUT2D eigenvalue weighted by atomic mass is 35.6. The number of hydrogen-bond acceptors (Lipinski definition) is 8. The van der Waals surface area contributed by atoms with Crippen molar-refractivity contribution in [2.75, 3.05) is 25.1 Å². The molecule has 0 aromatic carbocycles. The Labute approximate surface area is 157 Å². The number of hydrogen-bond donors (Lipinski definition) is 1. The summed E-state index contributed by atoms with van der Waals surface area (Å²) in [5, 5.41) is 7.68. The second-order valence-electron chi connectivity index (χ2n) is 3.93. The average Bonchev–Trinajstić information content (AvgIpc) is 2.93. The van der Waals surface area contributed by atoms with E-state index in [9.17, 15) is 9.59 Å². The molecule has 0 aliphatic heterocycles. The van der Waals surface area contributed by atoms with Crippen LogP contribution in [0.2, 0.25) is 0 Å². The summed E-state index contributed by atoms with van der Waals surface area (Å²) in [5.74, 6) is -0.693. The highest BCUT2D eigenvalue weighted by molar-refractivity contribution is 7.14. The topological polar surface area (TPSA) is 99.1 Å². The minimum atomic E-state index is -1.72. The van der Waals surface area contributed by atoms with Crippen LogP contribution in [0.5, 0.6) is 0 Å². The third-order valence-electron chi connectivity index (χ3n) is 2.08. The summed E-state index contributed by atoms with van der Waals surface area (Å²) in [6, 6.07) is 0. The van der Waals surface area contributed by atoms with Gasteiger partial charge in [-0.25, -0.2) is 14.6 Å². The van der Waals surface area contributed by atoms with Crippen LogP contribution in [0.25, 0.3) is 0 Å². The lowest BCUT2D eigenvalue weighted by molar-refractivity contribution is -0.135. The summed E-state index contributed by atoms with van der Waals surface area (Å²) in [4.78, 5) is 32.4. The minimum Gasteiger partial charge on any atom is -0.461 e. The Hall–Kier alpha value is -1.29. The van der Waals surface area contributed by atoms with Gasteiger partial charge in [0.15, 0.2) is 5.13 Å². The van der Waals surface area contributed by atoms with E-state index in [-0.39, 0.29) is 29.8 Å². The number of nitrogens with zero attached hydrogens (tertiary/aromatic N) is 2. The van der Waals surface area contributed by atoms with Gasteiger partial charge in [-0.05, 0) is 13.8 Å². The molecule has 24 heavy (non-hydrogen) atoms. The summed E-state index contributed by atoms with van der Waals surface area (Å²) < 4.78 is 7.87. The van der Waals surface area contributed by atoms with Gasteiger partial charge in [0.05, 0.1) is 6.61 Å². The van der Waals surface area contributed by atoms with Crippen molar-refractivity contribution in [2.24, 2.45) is 5.16 Å². The van der Waals surface area contributed by atoms with E-state index >= 15 is 0 Å². The Morgan fingerprint density at radius 2 is 2.00 bits per heavy atom. The smallest absolute Gasteiger partial charge is 0.413 e. The SMILES string of the molecule is CCON=C(C(=O)OCC)c1csc(NC(=O)OCC(Cl)(Cl)Cl)n1. The Morgan fingerprint density at radius 1 is 1.29 bits per heavy atom. The predicted molar refractivity (Wildman–Crippen MR) is 92.2 cm³/mol. The van der Waals surface area contributed by atoms with Crippen molar-refractivity contribution in [1.29, 1.82) is 0 Å². The summed E-state index contributed by atoms with van der Waals surface area (Å²) in [6.07, 6.45) is -0.860. The first kappa shape index (κ1) is 20.8. The van der Waals surface area contributed by atoms with Gasteiger partial charge in [-0.2, -0.15) is 0 Å². The van der Waals surface area contributed by atoms with Crippen molar-refractivity contribution >= 4 is 69.0 Å². The molecule has 0 saturated heterocycles. The first-order valence-electron chi connectivity index (χ1n) is 6.60. The van der Waals surface area contributed by atoms with Crippen LogP contribution in [-0.2, 0) is 19.1 Å². The van der Waals surface area contributed by atoms with Crippen molar-refractivity contribution in [3.05, 3.63) is 11.1 Å². The molecule has 1 rings (SSSR count). The predicted octanol–water partition coefficient (Wildman–Crippen LogP) is 3.37. The molecule has 0 bridgehead atoms. The third kappa shape index (κ3) is 7.52. The number of aromatic nitrogens is 1. The lowest BCUT2D eigenvalue weighted by Crippen LogP contribution is -2.22. The molecule has 12 heteroatoms. The van der Waals surface area contributed by atoms with Crippen molar-refractivity contribution in [1.82, 2.24) is 4.98 Å². The van der Waals surface area contributed by atoms with E-state index in [1.807, 2.05) is 0 Å². The quantitative estimate of drug-likeness (QED) is 0.315. The summed E-state index contributed by atoms with van der Waals surface area (Å²) >= 11 is 17.5. The highest BCUT2D eigenvalue weighted by Crippen LogP contribution is 2.26. The second kappa shape index (κ2) is 9.87. The number of anilines is 1. The largest absolute Gasteiger partial charge is 0.461 e. The molecule has 0 aliphatic carbocycles. The van der Waals surface area contributed by atoms with Crippen LogP contribution < -0.4 is 5.32 Å². The molecular weight excluding hydrogens is 405 g/mol. The standard InChI is InChI=1S/C12H14Cl3N3O5S/c1-3-21-9(19)8(18-23-4-2)7-5-24-10(16-7)17-11(20)22-6-12(13,14)15/h5H,3-4,6H2,1-2H3,(H,16,17,20). The Bertz CT molecular complexity index is 603. The van der Waals surface area contributed by atoms with E-state index in [1.54, 1.807) is 13.8 Å². The number of thiazole rings is 1. The molecule has 0 unspecified atom stereocenters. The van der Waals surface area contributed by atoms with Gasteiger partial charge in [0, 0.05) is 5.38 Å². The van der Waals surface area contributed by atoms with Gasteiger partial charge < -0.3 is 14.3 Å². The number of halogens is 3.